The second-order valence-corrected chi connectivity index (χ2v) is 4.36. The average Bonchev–Trinajstić information content (AvgIpc) is 2.35. The topological polar surface area (TPSA) is 78.4 Å². The fourth-order valence-electron chi connectivity index (χ4n) is 2.06. The van der Waals surface area contributed by atoms with Gasteiger partial charge in [0.1, 0.15) is 6.04 Å². The first-order valence-corrected chi connectivity index (χ1v) is 6.07. The highest BCUT2D eigenvalue weighted by Crippen LogP contribution is 2.31. The average molecular weight is 248 g/mol. The number of nitrogens with one attached hydrogen (secondary N) is 2. The SMILES string of the molecule is CCCCC1Nc2cccc(C(=O)O)c2NC1=O. The molecule has 0 aromatic heterocycles. The number of fused-ring (bicyclic) bond motifs is 1. The summed E-state index contributed by atoms with van der Waals surface area (Å²) in [6.45, 7) is 2.07. The van der Waals surface area contributed by atoms with Gasteiger partial charge in [-0.15, -0.1) is 0 Å². The van der Waals surface area contributed by atoms with Crippen molar-refractivity contribution in [3.8, 4) is 0 Å². The van der Waals surface area contributed by atoms with E-state index in [1.54, 1.807) is 12.1 Å². The molecule has 1 unspecified atom stereocenters. The Hall–Kier alpha value is -2.04. The van der Waals surface area contributed by atoms with Crippen molar-refractivity contribution in [2.75, 3.05) is 10.6 Å². The molecular weight excluding hydrogens is 232 g/mol. The number of benzene rings is 1. The molecule has 1 aliphatic rings. The van der Waals surface area contributed by atoms with Crippen LogP contribution in [0.3, 0.4) is 0 Å². The molecule has 96 valence electrons. The maximum Gasteiger partial charge on any atom is 0.337 e. The first-order chi connectivity index (χ1) is 8.63. The highest BCUT2D eigenvalue weighted by atomic mass is 16.4. The summed E-state index contributed by atoms with van der Waals surface area (Å²) in [5, 5.41) is 14.8. The van der Waals surface area contributed by atoms with Crippen molar-refractivity contribution in [2.45, 2.75) is 32.2 Å². The molecule has 0 saturated heterocycles. The highest BCUT2D eigenvalue weighted by molar-refractivity contribution is 6.09. The Kier molecular flexibility index (Phi) is 3.50. The minimum atomic E-state index is -1.04. The number of amides is 1. The van der Waals surface area contributed by atoms with Crippen LogP contribution in [0.2, 0.25) is 0 Å². The molecule has 0 saturated carbocycles. The summed E-state index contributed by atoms with van der Waals surface area (Å²) >= 11 is 0. The number of carbonyl (C=O) groups excluding carboxylic acids is 1. The molecule has 5 heteroatoms. The predicted molar refractivity (Wildman–Crippen MR) is 69.0 cm³/mol. The van der Waals surface area contributed by atoms with Gasteiger partial charge < -0.3 is 15.7 Å². The molecule has 0 bridgehead atoms. The molecule has 0 radical (unpaired) electrons. The minimum Gasteiger partial charge on any atom is -0.478 e. The van der Waals surface area contributed by atoms with E-state index in [-0.39, 0.29) is 17.5 Å². The molecule has 0 spiro atoms. The maximum atomic E-state index is 11.9. The number of para-hydroxylation sites is 1. The van der Waals surface area contributed by atoms with Crippen LogP contribution in [0.15, 0.2) is 18.2 Å². The lowest BCUT2D eigenvalue weighted by Gasteiger charge is -2.27. The van der Waals surface area contributed by atoms with Gasteiger partial charge in [-0.1, -0.05) is 25.8 Å². The fourth-order valence-corrected chi connectivity index (χ4v) is 2.06. The molecule has 0 aliphatic carbocycles. The third-order valence-corrected chi connectivity index (χ3v) is 3.04. The summed E-state index contributed by atoms with van der Waals surface area (Å²) in [6, 6.07) is 4.65. The van der Waals surface area contributed by atoms with Crippen molar-refractivity contribution in [1.29, 1.82) is 0 Å². The molecule has 2 rings (SSSR count). The highest BCUT2D eigenvalue weighted by Gasteiger charge is 2.27. The van der Waals surface area contributed by atoms with Crippen LogP contribution >= 0.6 is 0 Å². The number of carbonyl (C=O) groups is 2. The summed E-state index contributed by atoms with van der Waals surface area (Å²) in [5.74, 6) is -1.20. The third-order valence-electron chi connectivity index (χ3n) is 3.04. The van der Waals surface area contributed by atoms with E-state index in [0.29, 0.717) is 11.4 Å². The summed E-state index contributed by atoms with van der Waals surface area (Å²) in [7, 11) is 0. The normalized spacial score (nSPS) is 17.6. The van der Waals surface area contributed by atoms with E-state index in [4.69, 9.17) is 5.11 Å². The number of carboxylic acid groups (broad SMARTS) is 1. The van der Waals surface area contributed by atoms with Gasteiger partial charge in [-0.2, -0.15) is 0 Å². The number of hydrogen-bond donors (Lipinski definition) is 3. The Bertz CT molecular complexity index is 485. The zero-order valence-corrected chi connectivity index (χ0v) is 10.2. The van der Waals surface area contributed by atoms with Gasteiger partial charge in [-0.05, 0) is 18.6 Å². The number of aromatic carboxylic acids is 1. The molecule has 18 heavy (non-hydrogen) atoms. The van der Waals surface area contributed by atoms with E-state index in [2.05, 4.69) is 17.6 Å². The molecule has 1 heterocycles. The van der Waals surface area contributed by atoms with Crippen LogP contribution in [-0.2, 0) is 4.79 Å². The number of rotatable bonds is 4. The lowest BCUT2D eigenvalue weighted by Crippen LogP contribution is -2.39. The van der Waals surface area contributed by atoms with Crippen molar-refractivity contribution in [3.63, 3.8) is 0 Å². The van der Waals surface area contributed by atoms with Crippen LogP contribution in [-0.4, -0.2) is 23.0 Å². The van der Waals surface area contributed by atoms with Gasteiger partial charge in [0.25, 0.3) is 0 Å². The van der Waals surface area contributed by atoms with Gasteiger partial charge >= 0.3 is 5.97 Å². The van der Waals surface area contributed by atoms with E-state index in [9.17, 15) is 9.59 Å². The third kappa shape index (κ3) is 2.30. The molecule has 3 N–H and O–H groups in total. The molecule has 1 aromatic carbocycles. The number of anilines is 2. The first kappa shape index (κ1) is 12.4. The van der Waals surface area contributed by atoms with E-state index in [1.807, 2.05) is 0 Å². The number of carboxylic acids is 1. The van der Waals surface area contributed by atoms with Crippen molar-refractivity contribution >= 4 is 23.3 Å². The van der Waals surface area contributed by atoms with E-state index < -0.39 is 5.97 Å². The number of unbranched alkanes of at least 4 members (excludes halogenated alkanes) is 1. The second-order valence-electron chi connectivity index (χ2n) is 4.36. The van der Waals surface area contributed by atoms with Crippen molar-refractivity contribution in [1.82, 2.24) is 0 Å². The van der Waals surface area contributed by atoms with Gasteiger partial charge in [0.2, 0.25) is 5.91 Å². The van der Waals surface area contributed by atoms with Gasteiger partial charge in [0.05, 0.1) is 16.9 Å². The Morgan fingerprint density at radius 3 is 2.89 bits per heavy atom. The largest absolute Gasteiger partial charge is 0.478 e. The summed E-state index contributed by atoms with van der Waals surface area (Å²) < 4.78 is 0. The summed E-state index contributed by atoms with van der Waals surface area (Å²) in [6.07, 6.45) is 2.73. The van der Waals surface area contributed by atoms with E-state index in [1.165, 1.54) is 6.07 Å². The van der Waals surface area contributed by atoms with Gasteiger partial charge in [-0.25, -0.2) is 4.79 Å². The molecule has 1 amide bonds. The molecular formula is C13H16N2O3. The zero-order valence-electron chi connectivity index (χ0n) is 10.2. The Labute approximate surface area is 105 Å². The molecule has 1 atom stereocenters. The van der Waals surface area contributed by atoms with Crippen LogP contribution in [0.4, 0.5) is 11.4 Å². The molecule has 0 fully saturated rings. The Balaban J connectivity index is 2.27. The van der Waals surface area contributed by atoms with Crippen LogP contribution in [0.1, 0.15) is 36.5 Å². The van der Waals surface area contributed by atoms with Crippen LogP contribution in [0.25, 0.3) is 0 Å². The smallest absolute Gasteiger partial charge is 0.337 e. The lowest BCUT2D eigenvalue weighted by molar-refractivity contribution is -0.117. The second kappa shape index (κ2) is 5.08. The van der Waals surface area contributed by atoms with E-state index >= 15 is 0 Å². The quantitative estimate of drug-likeness (QED) is 0.764. The van der Waals surface area contributed by atoms with Crippen molar-refractivity contribution in [3.05, 3.63) is 23.8 Å². The lowest BCUT2D eigenvalue weighted by atomic mass is 10.0. The maximum absolute atomic E-state index is 11.9. The van der Waals surface area contributed by atoms with Crippen molar-refractivity contribution < 1.29 is 14.7 Å². The first-order valence-electron chi connectivity index (χ1n) is 6.07. The summed E-state index contributed by atoms with van der Waals surface area (Å²) in [5.41, 5.74) is 1.15. The standard InChI is InChI=1S/C13H16N2O3/c1-2-3-6-10-12(16)15-11-8(13(17)18)5-4-7-9(11)14-10/h4-5,7,10,14H,2-3,6H2,1H3,(H,15,16)(H,17,18). The minimum absolute atomic E-state index is 0.113. The van der Waals surface area contributed by atoms with Crippen molar-refractivity contribution in [2.24, 2.45) is 0 Å². The van der Waals surface area contributed by atoms with Crippen LogP contribution < -0.4 is 10.6 Å². The summed E-state index contributed by atoms with van der Waals surface area (Å²) in [4.78, 5) is 22.9. The molecule has 1 aliphatic heterocycles. The molecule has 1 aromatic rings. The zero-order chi connectivity index (χ0) is 13.1. The fraction of sp³-hybridized carbons (Fsp3) is 0.385. The predicted octanol–water partition coefficient (Wildman–Crippen LogP) is 2.31. The van der Waals surface area contributed by atoms with Gasteiger partial charge in [-0.3, -0.25) is 4.79 Å². The monoisotopic (exact) mass is 248 g/mol. The molecule has 5 nitrogen and oxygen atoms in total. The van der Waals surface area contributed by atoms with E-state index in [0.717, 1.165) is 19.3 Å². The Morgan fingerprint density at radius 1 is 1.44 bits per heavy atom. The number of hydrogen-bond acceptors (Lipinski definition) is 3. The van der Waals surface area contributed by atoms with Crippen LogP contribution in [0.5, 0.6) is 0 Å². The van der Waals surface area contributed by atoms with Gasteiger partial charge in [0, 0.05) is 0 Å². The van der Waals surface area contributed by atoms with Crippen LogP contribution in [0, 0.1) is 0 Å². The van der Waals surface area contributed by atoms with Gasteiger partial charge in [0.15, 0.2) is 0 Å². The Morgan fingerprint density at radius 2 is 2.22 bits per heavy atom.